The van der Waals surface area contributed by atoms with Crippen LogP contribution in [0.25, 0.3) is 0 Å². The number of carbonyl (C=O) groups excluding carboxylic acids is 2. The molecule has 0 unspecified atom stereocenters. The number of nitrogens with one attached hydrogen (secondary N) is 2. The normalized spacial score (nSPS) is 17.2. The highest BCUT2D eigenvalue weighted by molar-refractivity contribution is 7.57. The highest BCUT2D eigenvalue weighted by Crippen LogP contribution is 2.66. The van der Waals surface area contributed by atoms with Crippen LogP contribution in [-0.2, 0) is 19.4 Å². The summed E-state index contributed by atoms with van der Waals surface area (Å²) in [7, 11) is -4.65. The molecule has 2 N–H and O–H groups in total. The Kier molecular flexibility index (Phi) is 6.54. The van der Waals surface area contributed by atoms with Gasteiger partial charge in [0, 0.05) is 16.3 Å². The lowest BCUT2D eigenvalue weighted by Gasteiger charge is -2.35. The number of halogens is 1. The summed E-state index contributed by atoms with van der Waals surface area (Å²) in [5.41, 5.74) is -0.484. The summed E-state index contributed by atoms with van der Waals surface area (Å²) in [5.74, 6) is -0.489. The van der Waals surface area contributed by atoms with E-state index in [9.17, 15) is 14.2 Å². The van der Waals surface area contributed by atoms with Gasteiger partial charge >= 0.3 is 13.7 Å². The lowest BCUT2D eigenvalue weighted by molar-refractivity contribution is -0.119. The molecular formula is C25H24ClN2O6P. The highest BCUT2D eigenvalue weighted by atomic mass is 35.5. The molecule has 2 amide bonds. The quantitative estimate of drug-likeness (QED) is 0.373. The van der Waals surface area contributed by atoms with E-state index in [0.717, 1.165) is 0 Å². The highest BCUT2D eigenvalue weighted by Gasteiger charge is 2.66. The monoisotopic (exact) mass is 514 g/mol. The minimum atomic E-state index is -4.65. The third-order valence-electron chi connectivity index (χ3n) is 4.98. The number of fused-ring (bicyclic) bond motifs is 1. The van der Waals surface area contributed by atoms with Gasteiger partial charge in [-0.05, 0) is 63.2 Å². The summed E-state index contributed by atoms with van der Waals surface area (Å²) >= 11 is 6.26. The SMILES string of the molecule is CC(C)(C)OC(=O)N[C@]1(P(=O)(Oc2ccccc2)Oc2ccccc2)C(=O)Nc2ccc(Cl)cc21. The molecule has 0 saturated carbocycles. The van der Waals surface area contributed by atoms with Gasteiger partial charge in [-0.1, -0.05) is 48.0 Å². The largest absolute Gasteiger partial charge is 0.470 e. The number of carbonyl (C=O) groups is 2. The van der Waals surface area contributed by atoms with Gasteiger partial charge in [-0.25, -0.2) is 9.36 Å². The number of rotatable bonds is 6. The van der Waals surface area contributed by atoms with Crippen LogP contribution in [0.5, 0.6) is 11.5 Å². The lowest BCUT2D eigenvalue weighted by Crippen LogP contribution is -2.53. The second-order valence-electron chi connectivity index (χ2n) is 8.79. The van der Waals surface area contributed by atoms with Gasteiger partial charge in [0.05, 0.1) is 0 Å². The molecule has 1 heterocycles. The number of hydrogen-bond acceptors (Lipinski definition) is 6. The van der Waals surface area contributed by atoms with E-state index >= 15 is 0 Å². The first-order valence-electron chi connectivity index (χ1n) is 10.7. The van der Waals surface area contributed by atoms with Crippen molar-refractivity contribution in [1.82, 2.24) is 5.32 Å². The van der Waals surface area contributed by atoms with Crippen molar-refractivity contribution >= 4 is 36.9 Å². The van der Waals surface area contributed by atoms with Crippen molar-refractivity contribution in [2.24, 2.45) is 0 Å². The summed E-state index contributed by atoms with van der Waals surface area (Å²) < 4.78 is 32.2. The maximum absolute atomic E-state index is 14.8. The second-order valence-corrected chi connectivity index (χ2v) is 11.3. The molecule has 3 aromatic carbocycles. The van der Waals surface area contributed by atoms with Gasteiger partial charge in [-0.2, -0.15) is 0 Å². The zero-order chi connectivity index (χ0) is 25.3. The molecule has 0 bridgehead atoms. The molecule has 1 aliphatic rings. The molecule has 10 heteroatoms. The summed E-state index contributed by atoms with van der Waals surface area (Å²) in [6.07, 6.45) is -0.992. The molecule has 35 heavy (non-hydrogen) atoms. The predicted molar refractivity (Wildman–Crippen MR) is 133 cm³/mol. The van der Waals surface area contributed by atoms with E-state index in [0.29, 0.717) is 5.69 Å². The van der Waals surface area contributed by atoms with Crippen LogP contribution in [0.3, 0.4) is 0 Å². The minimum Gasteiger partial charge on any atom is -0.444 e. The Hall–Kier alpha value is -3.48. The fourth-order valence-electron chi connectivity index (χ4n) is 3.57. The topological polar surface area (TPSA) is 103 Å². The summed E-state index contributed by atoms with van der Waals surface area (Å²) in [5, 5.41) is 3.11. The van der Waals surface area contributed by atoms with Gasteiger partial charge < -0.3 is 19.1 Å². The van der Waals surface area contributed by atoms with E-state index in [2.05, 4.69) is 10.6 Å². The van der Waals surface area contributed by atoms with Crippen LogP contribution in [0.15, 0.2) is 78.9 Å². The van der Waals surface area contributed by atoms with Crippen molar-refractivity contribution in [2.75, 3.05) is 5.32 Å². The molecule has 0 radical (unpaired) electrons. The fraction of sp³-hybridized carbons (Fsp3) is 0.200. The molecule has 1 atom stereocenters. The first kappa shape index (κ1) is 24.6. The zero-order valence-electron chi connectivity index (χ0n) is 19.3. The van der Waals surface area contributed by atoms with Crippen molar-refractivity contribution in [3.63, 3.8) is 0 Å². The van der Waals surface area contributed by atoms with Crippen LogP contribution in [0.2, 0.25) is 5.02 Å². The standard InChI is InChI=1S/C25H24ClN2O6P/c1-24(2,3)32-23(30)28-25(20-16-17(26)14-15-21(20)27-22(25)29)35(31,33-18-10-6-4-7-11-18)34-19-12-8-5-9-13-19/h4-16H,1-3H3,(H,27,29)(H,28,30)/t25-/m1/s1. The maximum atomic E-state index is 14.8. The first-order valence-corrected chi connectivity index (χ1v) is 12.7. The number of alkyl carbamates (subject to hydrolysis) is 1. The van der Waals surface area contributed by atoms with Crippen LogP contribution in [0, 0.1) is 0 Å². The number of ether oxygens (including phenoxy) is 1. The molecule has 0 spiro atoms. The predicted octanol–water partition coefficient (Wildman–Crippen LogP) is 6.32. The number of anilines is 1. The summed E-state index contributed by atoms with van der Waals surface area (Å²) in [6, 6.07) is 21.0. The molecule has 8 nitrogen and oxygen atoms in total. The van der Waals surface area contributed by atoms with E-state index in [4.69, 9.17) is 25.4 Å². The van der Waals surface area contributed by atoms with Crippen molar-refractivity contribution in [2.45, 2.75) is 31.7 Å². The second kappa shape index (κ2) is 9.29. The Morgan fingerprint density at radius 3 is 2.00 bits per heavy atom. The third-order valence-corrected chi connectivity index (χ3v) is 7.49. The molecule has 0 fully saturated rings. The van der Waals surface area contributed by atoms with E-state index in [-0.39, 0.29) is 22.1 Å². The van der Waals surface area contributed by atoms with Gasteiger partial charge in [-0.3, -0.25) is 10.1 Å². The fourth-order valence-corrected chi connectivity index (χ4v) is 5.87. The van der Waals surface area contributed by atoms with Gasteiger partial charge in [0.15, 0.2) is 0 Å². The maximum Gasteiger partial charge on any atom is 0.470 e. The lowest BCUT2D eigenvalue weighted by atomic mass is 10.1. The molecule has 1 aliphatic heterocycles. The van der Waals surface area contributed by atoms with Crippen LogP contribution in [0.4, 0.5) is 10.5 Å². The Balaban J connectivity index is 1.93. The van der Waals surface area contributed by atoms with Crippen LogP contribution in [-0.4, -0.2) is 17.6 Å². The summed E-state index contributed by atoms with van der Waals surface area (Å²) in [6.45, 7) is 5.00. The van der Waals surface area contributed by atoms with Gasteiger partial charge in [0.2, 0.25) is 0 Å². The smallest absolute Gasteiger partial charge is 0.444 e. The molecule has 0 saturated heterocycles. The Labute approximate surface area is 208 Å². The van der Waals surface area contributed by atoms with E-state index in [1.165, 1.54) is 6.07 Å². The Morgan fingerprint density at radius 1 is 0.943 bits per heavy atom. The average Bonchev–Trinajstić information content (AvgIpc) is 3.06. The molecule has 3 aromatic rings. The van der Waals surface area contributed by atoms with E-state index in [1.807, 2.05) is 0 Å². The molecule has 4 rings (SSSR count). The van der Waals surface area contributed by atoms with Crippen LogP contribution < -0.4 is 19.7 Å². The van der Waals surface area contributed by atoms with E-state index < -0.39 is 30.5 Å². The first-order chi connectivity index (χ1) is 16.5. The van der Waals surface area contributed by atoms with Crippen molar-refractivity contribution in [1.29, 1.82) is 0 Å². The Bertz CT molecular complexity index is 1250. The van der Waals surface area contributed by atoms with E-state index in [1.54, 1.807) is 93.6 Å². The number of hydrogen-bond donors (Lipinski definition) is 2. The van der Waals surface area contributed by atoms with Gasteiger partial charge in [0.25, 0.3) is 11.2 Å². The third kappa shape index (κ3) is 4.99. The minimum absolute atomic E-state index is 0.121. The molecule has 182 valence electrons. The molecule has 0 aromatic heterocycles. The van der Waals surface area contributed by atoms with Crippen LogP contribution >= 0.6 is 19.2 Å². The number of para-hydroxylation sites is 2. The van der Waals surface area contributed by atoms with Crippen LogP contribution in [0.1, 0.15) is 26.3 Å². The number of benzene rings is 3. The average molecular weight is 515 g/mol. The zero-order valence-corrected chi connectivity index (χ0v) is 20.9. The van der Waals surface area contributed by atoms with Crippen molar-refractivity contribution < 1.29 is 27.9 Å². The molecule has 0 aliphatic carbocycles. The van der Waals surface area contributed by atoms with Gasteiger partial charge in [-0.15, -0.1) is 0 Å². The number of amides is 2. The summed E-state index contributed by atoms with van der Waals surface area (Å²) in [4.78, 5) is 26.7. The Morgan fingerprint density at radius 2 is 1.49 bits per heavy atom. The van der Waals surface area contributed by atoms with Crippen molar-refractivity contribution in [3.05, 3.63) is 89.4 Å². The molecular weight excluding hydrogens is 491 g/mol. The van der Waals surface area contributed by atoms with Crippen molar-refractivity contribution in [3.8, 4) is 11.5 Å². The van der Waals surface area contributed by atoms with Gasteiger partial charge in [0.1, 0.15) is 17.1 Å².